The van der Waals surface area contributed by atoms with Crippen LogP contribution in [-0.2, 0) is 9.84 Å². The second kappa shape index (κ2) is 6.61. The molecule has 0 aliphatic rings. The fraction of sp³-hybridized carbons (Fsp3) is 0.364. The van der Waals surface area contributed by atoms with Gasteiger partial charge < -0.3 is 10.6 Å². The van der Waals surface area contributed by atoms with Gasteiger partial charge in [-0.25, -0.2) is 8.42 Å². The minimum Gasteiger partial charge on any atom is -0.398 e. The normalized spacial score (nSPS) is 10.6. The van der Waals surface area contributed by atoms with Crippen LogP contribution in [0.25, 0.3) is 0 Å². The number of benzene rings is 1. The third-order valence-corrected chi connectivity index (χ3v) is 3.26. The Balaban J connectivity index is 0.00000289. The number of nitrogens with zero attached hydrogens (tertiary/aromatic N) is 1. The van der Waals surface area contributed by atoms with E-state index in [-0.39, 0.29) is 30.6 Å². The molecule has 2 N–H and O–H groups in total. The summed E-state index contributed by atoms with van der Waals surface area (Å²) in [5.41, 5.74) is 6.46. The summed E-state index contributed by atoms with van der Waals surface area (Å²) in [7, 11) is -1.51. The first-order valence-corrected chi connectivity index (χ1v) is 7.15. The van der Waals surface area contributed by atoms with Crippen LogP contribution in [0.5, 0.6) is 0 Å². The largest absolute Gasteiger partial charge is 0.398 e. The van der Waals surface area contributed by atoms with Crippen molar-refractivity contribution >= 4 is 33.8 Å². The lowest BCUT2D eigenvalue weighted by Gasteiger charge is -2.17. The number of hydrogen-bond acceptors (Lipinski definition) is 4. The fourth-order valence-corrected chi connectivity index (χ4v) is 1.91. The van der Waals surface area contributed by atoms with Crippen molar-refractivity contribution in [3.8, 4) is 0 Å². The minimum absolute atomic E-state index is 0. The van der Waals surface area contributed by atoms with E-state index < -0.39 is 9.84 Å². The number of para-hydroxylation sites is 1. The molecule has 1 aromatic carbocycles. The highest BCUT2D eigenvalue weighted by Gasteiger charge is 2.15. The molecule has 0 bridgehead atoms. The predicted octanol–water partition coefficient (Wildman–Crippen LogP) is 0.807. The third-order valence-electron chi connectivity index (χ3n) is 2.34. The van der Waals surface area contributed by atoms with Gasteiger partial charge in [0, 0.05) is 25.5 Å². The van der Waals surface area contributed by atoms with Crippen LogP contribution in [0.2, 0.25) is 0 Å². The number of rotatable bonds is 4. The molecule has 0 fully saturated rings. The molecular weight excluding hydrogens is 276 g/mol. The molecule has 0 aliphatic carbocycles. The van der Waals surface area contributed by atoms with Crippen LogP contribution in [0.15, 0.2) is 24.3 Å². The standard InChI is InChI=1S/C11H16N2O3S.ClH/c1-13(7-8-17(2,15)16)11(14)9-5-3-4-6-10(9)12;/h3-6H,7-8,12H2,1-2H3;1H. The molecule has 0 heterocycles. The molecule has 1 amide bonds. The summed E-state index contributed by atoms with van der Waals surface area (Å²) in [6.07, 6.45) is 1.14. The summed E-state index contributed by atoms with van der Waals surface area (Å²) in [6, 6.07) is 6.71. The summed E-state index contributed by atoms with van der Waals surface area (Å²) in [5, 5.41) is 0. The van der Waals surface area contributed by atoms with Crippen LogP contribution in [0.1, 0.15) is 10.4 Å². The highest BCUT2D eigenvalue weighted by Crippen LogP contribution is 2.12. The Kier molecular flexibility index (Phi) is 6.14. The zero-order valence-electron chi connectivity index (χ0n) is 10.3. The second-order valence-corrected chi connectivity index (χ2v) is 6.20. The van der Waals surface area contributed by atoms with Crippen LogP contribution in [0.4, 0.5) is 5.69 Å². The first kappa shape index (κ1) is 16.7. The Morgan fingerprint density at radius 2 is 1.89 bits per heavy atom. The average Bonchev–Trinajstić information content (AvgIpc) is 2.24. The van der Waals surface area contributed by atoms with Crippen molar-refractivity contribution in [2.24, 2.45) is 0 Å². The number of carbonyl (C=O) groups is 1. The predicted molar refractivity (Wildman–Crippen MR) is 74.8 cm³/mol. The lowest BCUT2D eigenvalue weighted by atomic mass is 10.1. The van der Waals surface area contributed by atoms with Crippen molar-refractivity contribution in [2.75, 3.05) is 31.3 Å². The Hall–Kier alpha value is -1.27. The van der Waals surface area contributed by atoms with Crippen LogP contribution >= 0.6 is 12.4 Å². The molecule has 0 saturated carbocycles. The lowest BCUT2D eigenvalue weighted by Crippen LogP contribution is -2.31. The molecule has 0 unspecified atom stereocenters. The monoisotopic (exact) mass is 292 g/mol. The first-order valence-electron chi connectivity index (χ1n) is 5.09. The van der Waals surface area contributed by atoms with E-state index in [1.165, 1.54) is 4.90 Å². The number of halogens is 1. The fourth-order valence-electron chi connectivity index (χ4n) is 1.30. The molecule has 0 aromatic heterocycles. The summed E-state index contributed by atoms with van der Waals surface area (Å²) in [6.45, 7) is 0.159. The molecule has 1 aromatic rings. The van der Waals surface area contributed by atoms with Crippen LogP contribution < -0.4 is 5.73 Å². The van der Waals surface area contributed by atoms with Gasteiger partial charge in [0.2, 0.25) is 0 Å². The van der Waals surface area contributed by atoms with Crippen molar-refractivity contribution in [3.63, 3.8) is 0 Å². The lowest BCUT2D eigenvalue weighted by molar-refractivity contribution is 0.0804. The topological polar surface area (TPSA) is 80.5 Å². The van der Waals surface area contributed by atoms with Gasteiger partial charge in [0.25, 0.3) is 5.91 Å². The number of sulfone groups is 1. The van der Waals surface area contributed by atoms with Gasteiger partial charge in [-0.1, -0.05) is 12.1 Å². The zero-order chi connectivity index (χ0) is 13.1. The van der Waals surface area contributed by atoms with Crippen LogP contribution in [0.3, 0.4) is 0 Å². The van der Waals surface area contributed by atoms with Crippen molar-refractivity contribution in [1.29, 1.82) is 0 Å². The van der Waals surface area contributed by atoms with Gasteiger partial charge in [-0.15, -0.1) is 12.4 Å². The average molecular weight is 293 g/mol. The Bertz CT molecular complexity index is 517. The highest BCUT2D eigenvalue weighted by atomic mass is 35.5. The Labute approximate surface area is 113 Å². The van der Waals surface area contributed by atoms with Gasteiger partial charge in [-0.05, 0) is 12.1 Å². The molecule has 0 saturated heterocycles. The van der Waals surface area contributed by atoms with E-state index in [9.17, 15) is 13.2 Å². The quantitative estimate of drug-likeness (QED) is 0.833. The van der Waals surface area contributed by atoms with Gasteiger partial charge >= 0.3 is 0 Å². The summed E-state index contributed by atoms with van der Waals surface area (Å²) in [5.74, 6) is -0.325. The van der Waals surface area contributed by atoms with E-state index in [0.29, 0.717) is 11.3 Å². The minimum atomic E-state index is -3.07. The Morgan fingerprint density at radius 3 is 2.39 bits per heavy atom. The highest BCUT2D eigenvalue weighted by molar-refractivity contribution is 7.90. The van der Waals surface area contributed by atoms with Crippen molar-refractivity contribution < 1.29 is 13.2 Å². The van der Waals surface area contributed by atoms with Gasteiger partial charge in [-0.3, -0.25) is 4.79 Å². The summed E-state index contributed by atoms with van der Waals surface area (Å²) >= 11 is 0. The molecule has 0 radical (unpaired) electrons. The van der Waals surface area contributed by atoms with E-state index in [1.807, 2.05) is 0 Å². The zero-order valence-corrected chi connectivity index (χ0v) is 11.9. The number of anilines is 1. The molecule has 5 nitrogen and oxygen atoms in total. The number of nitrogen functional groups attached to an aromatic ring is 1. The molecule has 1 rings (SSSR count). The van der Waals surface area contributed by atoms with E-state index in [2.05, 4.69) is 0 Å². The number of amides is 1. The van der Waals surface area contributed by atoms with Gasteiger partial charge in [0.1, 0.15) is 9.84 Å². The maximum atomic E-state index is 11.9. The molecule has 0 atom stereocenters. The Morgan fingerprint density at radius 1 is 1.33 bits per heavy atom. The number of hydrogen-bond donors (Lipinski definition) is 1. The van der Waals surface area contributed by atoms with Crippen LogP contribution in [0, 0.1) is 0 Å². The second-order valence-electron chi connectivity index (χ2n) is 3.94. The molecular formula is C11H17ClN2O3S. The molecule has 0 spiro atoms. The summed E-state index contributed by atoms with van der Waals surface area (Å²) in [4.78, 5) is 13.3. The maximum absolute atomic E-state index is 11.9. The maximum Gasteiger partial charge on any atom is 0.255 e. The van der Waals surface area contributed by atoms with Crippen molar-refractivity contribution in [3.05, 3.63) is 29.8 Å². The van der Waals surface area contributed by atoms with Gasteiger partial charge in [0.15, 0.2) is 0 Å². The van der Waals surface area contributed by atoms with E-state index in [1.54, 1.807) is 31.3 Å². The molecule has 0 aliphatic heterocycles. The molecule has 7 heteroatoms. The van der Waals surface area contributed by atoms with E-state index >= 15 is 0 Å². The summed E-state index contributed by atoms with van der Waals surface area (Å²) < 4.78 is 22.0. The number of carbonyl (C=O) groups excluding carboxylic acids is 1. The van der Waals surface area contributed by atoms with Gasteiger partial charge in [-0.2, -0.15) is 0 Å². The van der Waals surface area contributed by atoms with E-state index in [0.717, 1.165) is 6.26 Å². The third kappa shape index (κ3) is 4.93. The molecule has 102 valence electrons. The first-order chi connectivity index (χ1) is 7.81. The van der Waals surface area contributed by atoms with Crippen molar-refractivity contribution in [2.45, 2.75) is 0 Å². The van der Waals surface area contributed by atoms with Crippen molar-refractivity contribution in [1.82, 2.24) is 4.90 Å². The SMILES string of the molecule is CN(CCS(C)(=O)=O)C(=O)c1ccccc1N.Cl. The smallest absolute Gasteiger partial charge is 0.255 e. The number of nitrogens with two attached hydrogens (primary N) is 1. The molecule has 18 heavy (non-hydrogen) atoms. The van der Waals surface area contributed by atoms with Crippen LogP contribution in [-0.4, -0.2) is 44.8 Å². The van der Waals surface area contributed by atoms with E-state index in [4.69, 9.17) is 5.73 Å². The van der Waals surface area contributed by atoms with Gasteiger partial charge in [0.05, 0.1) is 11.3 Å².